The minimum Gasteiger partial charge on any atom is -0.294 e. The first kappa shape index (κ1) is 28.6. The zero-order valence-corrected chi connectivity index (χ0v) is 27.8. The molecule has 0 N–H and O–H groups in total. The Morgan fingerprint density at radius 2 is 1.14 bits per heavy atom. The highest BCUT2D eigenvalue weighted by atomic mass is 15.1. The largest absolute Gasteiger partial charge is 0.294 e. The van der Waals surface area contributed by atoms with Gasteiger partial charge in [0, 0.05) is 27.3 Å². The molecule has 0 spiro atoms. The summed E-state index contributed by atoms with van der Waals surface area (Å²) in [5.74, 6) is 1.52. The Hall–Kier alpha value is -6.39. The van der Waals surface area contributed by atoms with Crippen LogP contribution < -0.4 is 0 Å². The van der Waals surface area contributed by atoms with E-state index < -0.39 is 0 Å². The quantitative estimate of drug-likeness (QED) is 0.192. The number of rotatable bonds is 4. The van der Waals surface area contributed by atoms with Crippen LogP contribution >= 0.6 is 0 Å². The second-order valence-corrected chi connectivity index (χ2v) is 13.7. The van der Waals surface area contributed by atoms with E-state index in [9.17, 15) is 0 Å². The number of hydrogen-bond donors (Lipinski definition) is 0. The summed E-state index contributed by atoms with van der Waals surface area (Å²) in [5, 5.41) is 4.90. The zero-order valence-electron chi connectivity index (χ0n) is 27.8. The zero-order chi connectivity index (χ0) is 33.4. The van der Waals surface area contributed by atoms with Crippen molar-refractivity contribution in [3.63, 3.8) is 0 Å². The van der Waals surface area contributed by atoms with Crippen LogP contribution in [0.4, 0.5) is 0 Å². The Balaban J connectivity index is 1.18. The number of aromatic nitrogens is 4. The van der Waals surface area contributed by atoms with Gasteiger partial charge in [0.2, 0.25) is 0 Å². The molecule has 10 rings (SSSR count). The summed E-state index contributed by atoms with van der Waals surface area (Å²) in [4.78, 5) is 15.4. The van der Waals surface area contributed by atoms with Gasteiger partial charge in [0.25, 0.3) is 0 Å². The lowest BCUT2D eigenvalue weighted by atomic mass is 9.82. The van der Waals surface area contributed by atoms with Crippen molar-refractivity contribution in [2.24, 2.45) is 0 Å². The summed E-state index contributed by atoms with van der Waals surface area (Å²) < 4.78 is 2.30. The van der Waals surface area contributed by atoms with Gasteiger partial charge in [-0.1, -0.05) is 123 Å². The lowest BCUT2D eigenvalue weighted by Gasteiger charge is -2.21. The van der Waals surface area contributed by atoms with E-state index in [1.165, 1.54) is 43.8 Å². The number of fused-ring (bicyclic) bond motifs is 7. The predicted molar refractivity (Wildman–Crippen MR) is 206 cm³/mol. The fraction of sp³-hybridized carbons (Fsp3) is 0.0652. The Kier molecular flexibility index (Phi) is 6.19. The molecule has 0 unspecified atom stereocenters. The Morgan fingerprint density at radius 1 is 0.440 bits per heavy atom. The molecule has 0 saturated carbocycles. The number of para-hydroxylation sites is 1. The fourth-order valence-corrected chi connectivity index (χ4v) is 7.90. The van der Waals surface area contributed by atoms with E-state index in [-0.39, 0.29) is 5.41 Å². The molecule has 3 aromatic heterocycles. The topological polar surface area (TPSA) is 43.6 Å². The van der Waals surface area contributed by atoms with Crippen LogP contribution in [0.5, 0.6) is 0 Å². The first-order valence-electron chi connectivity index (χ1n) is 17.1. The van der Waals surface area contributed by atoms with E-state index >= 15 is 0 Å². The van der Waals surface area contributed by atoms with Crippen LogP contribution in [-0.4, -0.2) is 19.5 Å². The molecule has 0 radical (unpaired) electrons. The minimum atomic E-state index is -0.0464. The van der Waals surface area contributed by atoms with Crippen molar-refractivity contribution in [1.82, 2.24) is 19.5 Å². The van der Waals surface area contributed by atoms with Crippen LogP contribution in [0.15, 0.2) is 158 Å². The Morgan fingerprint density at radius 3 is 1.98 bits per heavy atom. The van der Waals surface area contributed by atoms with Gasteiger partial charge in [-0.05, 0) is 81.6 Å². The molecular weight excluding hydrogens is 609 g/mol. The van der Waals surface area contributed by atoms with Gasteiger partial charge in [-0.15, -0.1) is 0 Å². The number of hydrogen-bond acceptors (Lipinski definition) is 3. The molecule has 0 saturated heterocycles. The molecule has 0 atom stereocenters. The third-order valence-electron chi connectivity index (χ3n) is 10.4. The highest BCUT2D eigenvalue weighted by molar-refractivity contribution is 6.14. The van der Waals surface area contributed by atoms with Gasteiger partial charge in [0.05, 0.1) is 28.1 Å². The summed E-state index contributed by atoms with van der Waals surface area (Å²) >= 11 is 0. The van der Waals surface area contributed by atoms with Gasteiger partial charge in [-0.25, -0.2) is 15.0 Å². The van der Waals surface area contributed by atoms with E-state index in [4.69, 9.17) is 15.0 Å². The van der Waals surface area contributed by atoms with E-state index in [2.05, 4.69) is 128 Å². The molecule has 236 valence electrons. The van der Waals surface area contributed by atoms with Crippen molar-refractivity contribution >= 4 is 32.6 Å². The smallest absolute Gasteiger partial charge is 0.160 e. The van der Waals surface area contributed by atoms with Gasteiger partial charge >= 0.3 is 0 Å². The van der Waals surface area contributed by atoms with E-state index in [0.717, 1.165) is 45.1 Å². The molecule has 6 aromatic carbocycles. The van der Waals surface area contributed by atoms with Crippen LogP contribution in [0.2, 0.25) is 0 Å². The van der Waals surface area contributed by atoms with Crippen molar-refractivity contribution in [1.29, 1.82) is 0 Å². The molecule has 0 fully saturated rings. The van der Waals surface area contributed by atoms with E-state index in [1.807, 2.05) is 48.5 Å². The molecule has 9 aromatic rings. The molecule has 0 bridgehead atoms. The number of pyridine rings is 1. The lowest BCUT2D eigenvalue weighted by Crippen LogP contribution is -2.14. The maximum absolute atomic E-state index is 5.31. The van der Waals surface area contributed by atoms with Crippen LogP contribution in [0.3, 0.4) is 0 Å². The summed E-state index contributed by atoms with van der Waals surface area (Å²) in [5.41, 5.74) is 12.1. The van der Waals surface area contributed by atoms with Crippen molar-refractivity contribution in [2.45, 2.75) is 19.3 Å². The van der Waals surface area contributed by atoms with Gasteiger partial charge in [0.1, 0.15) is 5.82 Å². The van der Waals surface area contributed by atoms with Crippen molar-refractivity contribution in [3.05, 3.63) is 169 Å². The summed E-state index contributed by atoms with van der Waals surface area (Å²) in [6, 6.07) is 55.7. The third-order valence-corrected chi connectivity index (χ3v) is 10.4. The number of benzene rings is 6. The van der Waals surface area contributed by atoms with Gasteiger partial charge in [-0.3, -0.25) is 4.57 Å². The maximum Gasteiger partial charge on any atom is 0.160 e. The lowest BCUT2D eigenvalue weighted by molar-refractivity contribution is 0.661. The standard InChI is InChI=1S/C46H32N4/c1-46(2)37-20-11-9-18-33(37)35-24-32-27-43-36(25-31(32)26-38(35)46)34-19-10-12-22-42(34)50(43)44-23-13-21-39(47-44)41-28-40(29-14-5-3-6-15-29)48-45(49-41)30-16-7-4-8-17-30/h3-28H,1-2H3. The van der Waals surface area contributed by atoms with Crippen LogP contribution in [0.25, 0.3) is 83.6 Å². The average Bonchev–Trinajstić information content (AvgIpc) is 3.61. The summed E-state index contributed by atoms with van der Waals surface area (Å²) in [7, 11) is 0. The van der Waals surface area contributed by atoms with Crippen LogP contribution in [0.1, 0.15) is 25.0 Å². The second kappa shape index (κ2) is 10.8. The normalized spacial score (nSPS) is 13.2. The molecule has 0 aliphatic heterocycles. The summed E-state index contributed by atoms with van der Waals surface area (Å²) in [6.07, 6.45) is 0. The molecule has 0 amide bonds. The third kappa shape index (κ3) is 4.35. The first-order chi connectivity index (χ1) is 24.5. The maximum atomic E-state index is 5.31. The van der Waals surface area contributed by atoms with Crippen molar-refractivity contribution in [3.8, 4) is 51.0 Å². The highest BCUT2D eigenvalue weighted by Crippen LogP contribution is 2.50. The van der Waals surface area contributed by atoms with Gasteiger partial charge in [0.15, 0.2) is 5.82 Å². The molecule has 1 aliphatic rings. The SMILES string of the molecule is CC1(C)c2ccccc2-c2cc3cc4c(cc3cc21)c1ccccc1n4-c1cccc(-c2cc(-c3ccccc3)nc(-c3ccccc3)n2)n1. The summed E-state index contributed by atoms with van der Waals surface area (Å²) in [6.45, 7) is 4.69. The molecule has 1 aliphatic carbocycles. The average molecular weight is 641 g/mol. The van der Waals surface area contributed by atoms with Crippen LogP contribution in [-0.2, 0) is 5.41 Å². The Bertz CT molecular complexity index is 2720. The first-order valence-corrected chi connectivity index (χ1v) is 17.1. The molecular formula is C46H32N4. The molecule has 4 nitrogen and oxygen atoms in total. The van der Waals surface area contributed by atoms with Gasteiger partial charge < -0.3 is 0 Å². The molecule has 50 heavy (non-hydrogen) atoms. The highest BCUT2D eigenvalue weighted by Gasteiger charge is 2.35. The number of nitrogens with zero attached hydrogens (tertiary/aromatic N) is 4. The van der Waals surface area contributed by atoms with Crippen LogP contribution in [0, 0.1) is 0 Å². The monoisotopic (exact) mass is 640 g/mol. The minimum absolute atomic E-state index is 0.0464. The predicted octanol–water partition coefficient (Wildman–Crippen LogP) is 11.4. The van der Waals surface area contributed by atoms with Gasteiger partial charge in [-0.2, -0.15) is 0 Å². The Labute approximate surface area is 290 Å². The molecule has 4 heteroatoms. The fourth-order valence-electron chi connectivity index (χ4n) is 7.90. The van der Waals surface area contributed by atoms with Crippen molar-refractivity contribution < 1.29 is 0 Å². The second-order valence-electron chi connectivity index (χ2n) is 13.7. The van der Waals surface area contributed by atoms with E-state index in [1.54, 1.807) is 0 Å². The van der Waals surface area contributed by atoms with Crippen molar-refractivity contribution in [2.75, 3.05) is 0 Å². The molecule has 3 heterocycles. The van der Waals surface area contributed by atoms with E-state index in [0.29, 0.717) is 5.82 Å².